The predicted molar refractivity (Wildman–Crippen MR) is 191 cm³/mol. The van der Waals surface area contributed by atoms with Gasteiger partial charge in [-0.1, -0.05) is 113 Å². The number of aryl methyl sites for hydroxylation is 2. The molecule has 0 spiro atoms. The maximum atomic E-state index is 13.3. The van der Waals surface area contributed by atoms with Crippen molar-refractivity contribution in [3.63, 3.8) is 0 Å². The van der Waals surface area contributed by atoms with Gasteiger partial charge in [-0.25, -0.2) is 0 Å². The molecule has 0 fully saturated rings. The number of esters is 1. The Kier molecular flexibility index (Phi) is 9.82. The molecule has 0 N–H and O–H groups in total. The fraction of sp³-hybridized carbons (Fsp3) is 0.419. The second-order valence-corrected chi connectivity index (χ2v) is 14.2. The van der Waals surface area contributed by atoms with Gasteiger partial charge in [0.2, 0.25) is 0 Å². The number of rotatable bonds is 13. The van der Waals surface area contributed by atoms with E-state index in [1.54, 1.807) is 0 Å². The molecular formula is C43H52O3. The minimum atomic E-state index is -0.541. The van der Waals surface area contributed by atoms with E-state index in [1.165, 1.54) is 27.8 Å². The number of hydrogen-bond donors (Lipinski definition) is 0. The first-order chi connectivity index (χ1) is 22.0. The zero-order valence-corrected chi connectivity index (χ0v) is 29.3. The van der Waals surface area contributed by atoms with Crippen molar-refractivity contribution in [3.8, 4) is 22.6 Å². The molecule has 4 aromatic rings. The Labute approximate surface area is 277 Å². The van der Waals surface area contributed by atoms with Crippen LogP contribution in [0.1, 0.15) is 120 Å². The number of unbranched alkanes of at least 4 members (excludes halogenated alkanes) is 2. The van der Waals surface area contributed by atoms with Crippen LogP contribution in [-0.4, -0.2) is 11.6 Å². The molecular weight excluding hydrogens is 564 g/mol. The molecule has 0 radical (unpaired) electrons. The second kappa shape index (κ2) is 13.5. The molecule has 1 aliphatic carbocycles. The van der Waals surface area contributed by atoms with Gasteiger partial charge in [-0.3, -0.25) is 4.79 Å². The molecule has 0 bridgehead atoms. The van der Waals surface area contributed by atoms with Gasteiger partial charge in [0, 0.05) is 0 Å². The summed E-state index contributed by atoms with van der Waals surface area (Å²) in [4.78, 5) is 13.3. The van der Waals surface area contributed by atoms with Crippen molar-refractivity contribution in [1.29, 1.82) is 0 Å². The third kappa shape index (κ3) is 6.14. The van der Waals surface area contributed by atoms with Gasteiger partial charge in [-0.2, -0.15) is 0 Å². The van der Waals surface area contributed by atoms with Crippen LogP contribution in [0.2, 0.25) is 0 Å². The molecule has 0 amide bonds. The number of fused-ring (bicyclic) bond motifs is 3. The van der Waals surface area contributed by atoms with E-state index in [1.807, 2.05) is 19.9 Å². The molecule has 1 unspecified atom stereocenters. The summed E-state index contributed by atoms with van der Waals surface area (Å²) in [6, 6.07) is 30.7. The average molecular weight is 617 g/mol. The zero-order chi connectivity index (χ0) is 33.1. The molecule has 46 heavy (non-hydrogen) atoms. The van der Waals surface area contributed by atoms with Crippen molar-refractivity contribution in [3.05, 3.63) is 118 Å². The third-order valence-electron chi connectivity index (χ3n) is 10.2. The second-order valence-electron chi connectivity index (χ2n) is 14.2. The predicted octanol–water partition coefficient (Wildman–Crippen LogP) is 11.5. The van der Waals surface area contributed by atoms with E-state index in [9.17, 15) is 4.79 Å². The zero-order valence-electron chi connectivity index (χ0n) is 29.3. The molecule has 0 saturated heterocycles. The lowest BCUT2D eigenvalue weighted by atomic mass is 9.67. The van der Waals surface area contributed by atoms with Crippen molar-refractivity contribution in [1.82, 2.24) is 0 Å². The number of carbonyl (C=O) groups is 1. The van der Waals surface area contributed by atoms with Gasteiger partial charge in [-0.15, -0.1) is 0 Å². The maximum Gasteiger partial charge on any atom is 0.316 e. The Morgan fingerprint density at radius 1 is 0.674 bits per heavy atom. The number of ether oxygens (including phenoxy) is 2. The van der Waals surface area contributed by atoms with Gasteiger partial charge < -0.3 is 9.47 Å². The standard InChI is InChI=1S/C43H52O3/c1-9-12-26-41(6,7)40(44)45-38-24-22-32(28-30(38)4)43(36-20-16-14-18-34(36)35-19-15-17-21-37(35)43)33-23-25-39(31(5)29-33)46-42(8,11-3)27-13-10-2/h14-25,28-29H,9-13,26-27H2,1-8H3. The van der Waals surface area contributed by atoms with Gasteiger partial charge >= 0.3 is 5.97 Å². The van der Waals surface area contributed by atoms with Crippen molar-refractivity contribution in [2.24, 2.45) is 5.41 Å². The van der Waals surface area contributed by atoms with Crippen molar-refractivity contribution >= 4 is 5.97 Å². The van der Waals surface area contributed by atoms with E-state index in [0.717, 1.165) is 67.4 Å². The monoisotopic (exact) mass is 616 g/mol. The SMILES string of the molecule is CCCCC(C)(CC)Oc1ccc(C2(c3ccc(OC(=O)C(C)(C)CCCC)c(C)c3)c3ccccc3-c3ccccc32)cc1C. The highest BCUT2D eigenvalue weighted by atomic mass is 16.5. The maximum absolute atomic E-state index is 13.3. The summed E-state index contributed by atoms with van der Waals surface area (Å²) in [6.45, 7) is 17.0. The van der Waals surface area contributed by atoms with E-state index in [4.69, 9.17) is 9.47 Å². The summed E-state index contributed by atoms with van der Waals surface area (Å²) in [7, 11) is 0. The fourth-order valence-corrected chi connectivity index (χ4v) is 7.09. The lowest BCUT2D eigenvalue weighted by Crippen LogP contribution is -2.32. The van der Waals surface area contributed by atoms with Gasteiger partial charge in [0.05, 0.1) is 10.8 Å². The highest BCUT2D eigenvalue weighted by Gasteiger charge is 2.46. The quantitative estimate of drug-likeness (QED) is 0.0975. The van der Waals surface area contributed by atoms with E-state index >= 15 is 0 Å². The number of benzene rings is 4. The molecule has 4 aromatic carbocycles. The summed E-state index contributed by atoms with van der Waals surface area (Å²) in [6.07, 6.45) is 7.18. The third-order valence-corrected chi connectivity index (χ3v) is 10.2. The van der Waals surface area contributed by atoms with Crippen LogP contribution in [0, 0.1) is 19.3 Å². The minimum Gasteiger partial charge on any atom is -0.487 e. The lowest BCUT2D eigenvalue weighted by Gasteiger charge is -2.35. The minimum absolute atomic E-state index is 0.174. The molecule has 0 saturated carbocycles. The van der Waals surface area contributed by atoms with Gasteiger partial charge in [0.25, 0.3) is 0 Å². The van der Waals surface area contributed by atoms with E-state index in [0.29, 0.717) is 5.75 Å². The van der Waals surface area contributed by atoms with Gasteiger partial charge in [0.15, 0.2) is 0 Å². The summed E-state index contributed by atoms with van der Waals surface area (Å²) in [5.74, 6) is 1.40. The van der Waals surface area contributed by atoms with Crippen LogP contribution in [0.3, 0.4) is 0 Å². The Morgan fingerprint density at radius 2 is 1.17 bits per heavy atom. The first-order valence-electron chi connectivity index (χ1n) is 17.3. The molecule has 3 heteroatoms. The van der Waals surface area contributed by atoms with Gasteiger partial charge in [0.1, 0.15) is 17.1 Å². The van der Waals surface area contributed by atoms with Crippen LogP contribution in [0.15, 0.2) is 84.9 Å². The van der Waals surface area contributed by atoms with Crippen molar-refractivity contribution in [2.75, 3.05) is 0 Å². The summed E-state index contributed by atoms with van der Waals surface area (Å²) in [5, 5.41) is 0. The Hall–Kier alpha value is -3.85. The molecule has 0 aromatic heterocycles. The van der Waals surface area contributed by atoms with Gasteiger partial charge in [-0.05, 0) is 117 Å². The topological polar surface area (TPSA) is 35.5 Å². The largest absolute Gasteiger partial charge is 0.487 e. The summed E-state index contributed by atoms with van der Waals surface area (Å²) >= 11 is 0. The Bertz CT molecular complexity index is 1650. The van der Waals surface area contributed by atoms with Crippen LogP contribution in [0.4, 0.5) is 0 Å². The van der Waals surface area contributed by atoms with E-state index in [2.05, 4.69) is 120 Å². The molecule has 0 aliphatic heterocycles. The van der Waals surface area contributed by atoms with Crippen LogP contribution in [-0.2, 0) is 10.2 Å². The number of carbonyl (C=O) groups excluding carboxylic acids is 1. The molecule has 1 atom stereocenters. The van der Waals surface area contributed by atoms with Crippen molar-refractivity contribution in [2.45, 2.75) is 111 Å². The molecule has 5 rings (SSSR count). The first kappa shape index (κ1) is 33.5. The highest BCUT2D eigenvalue weighted by molar-refractivity contribution is 5.86. The van der Waals surface area contributed by atoms with E-state index < -0.39 is 10.8 Å². The lowest BCUT2D eigenvalue weighted by molar-refractivity contribution is -0.144. The van der Waals surface area contributed by atoms with Crippen LogP contribution in [0.5, 0.6) is 11.5 Å². The molecule has 1 aliphatic rings. The Balaban J connectivity index is 1.64. The smallest absolute Gasteiger partial charge is 0.316 e. The highest BCUT2D eigenvalue weighted by Crippen LogP contribution is 2.56. The summed E-state index contributed by atoms with van der Waals surface area (Å²) < 4.78 is 12.8. The van der Waals surface area contributed by atoms with Crippen LogP contribution >= 0.6 is 0 Å². The summed E-state index contributed by atoms with van der Waals surface area (Å²) in [5.41, 5.74) is 8.19. The molecule has 242 valence electrons. The molecule has 0 heterocycles. The van der Waals surface area contributed by atoms with Crippen LogP contribution in [0.25, 0.3) is 11.1 Å². The van der Waals surface area contributed by atoms with Crippen molar-refractivity contribution < 1.29 is 14.3 Å². The number of hydrogen-bond acceptors (Lipinski definition) is 3. The average Bonchev–Trinajstić information content (AvgIpc) is 3.36. The van der Waals surface area contributed by atoms with E-state index in [-0.39, 0.29) is 11.6 Å². The first-order valence-corrected chi connectivity index (χ1v) is 17.3. The molecule has 3 nitrogen and oxygen atoms in total. The Morgan fingerprint density at radius 3 is 1.67 bits per heavy atom. The fourth-order valence-electron chi connectivity index (χ4n) is 7.09. The van der Waals surface area contributed by atoms with Crippen LogP contribution < -0.4 is 9.47 Å². The normalized spacial score (nSPS) is 14.7.